The Morgan fingerprint density at radius 2 is 2.09 bits per heavy atom. The van der Waals surface area contributed by atoms with Crippen LogP contribution in [0.5, 0.6) is 0 Å². The Hall–Kier alpha value is -1.16. The molecule has 0 spiro atoms. The van der Waals surface area contributed by atoms with Crippen LogP contribution in [0.3, 0.4) is 0 Å². The Balaban J connectivity index is 2.07. The second-order valence-corrected chi connectivity index (χ2v) is 6.99. The maximum atomic E-state index is 12.7. The molecule has 0 unspecified atom stereocenters. The third-order valence-electron chi connectivity index (χ3n) is 4.96. The summed E-state index contributed by atoms with van der Waals surface area (Å²) in [5.41, 5.74) is 3.73. The molecule has 4 nitrogen and oxygen atoms in total. The van der Waals surface area contributed by atoms with E-state index in [4.69, 9.17) is 4.99 Å². The summed E-state index contributed by atoms with van der Waals surface area (Å²) < 4.78 is 0. The number of carbonyl (C=O) groups excluding carboxylic acids is 1. The first-order valence-corrected chi connectivity index (χ1v) is 8.69. The smallest absolute Gasteiger partial charge is 0.240 e. The normalized spacial score (nSPS) is 24.5. The van der Waals surface area contributed by atoms with Crippen molar-refractivity contribution in [3.8, 4) is 0 Å². The molecule has 4 heteroatoms. The van der Waals surface area contributed by atoms with Gasteiger partial charge in [-0.2, -0.15) is 0 Å². The van der Waals surface area contributed by atoms with Gasteiger partial charge in [0.15, 0.2) is 0 Å². The van der Waals surface area contributed by atoms with Crippen molar-refractivity contribution < 1.29 is 4.79 Å². The van der Waals surface area contributed by atoms with Crippen molar-refractivity contribution in [1.29, 1.82) is 0 Å². The Morgan fingerprint density at radius 1 is 1.36 bits per heavy atom. The molecule has 0 aliphatic carbocycles. The van der Waals surface area contributed by atoms with Crippen LogP contribution in [0.2, 0.25) is 0 Å². The number of likely N-dealkylation sites (tertiary alicyclic amines) is 1. The summed E-state index contributed by atoms with van der Waals surface area (Å²) in [6, 6.07) is 0.0970. The SMILES string of the molecule is CCC(=NC1=C(C)CN(C(=O)[C@@H]2CCCN2C)CC1)C(C)C. The van der Waals surface area contributed by atoms with Crippen molar-refractivity contribution in [1.82, 2.24) is 9.80 Å². The molecule has 0 aromatic rings. The summed E-state index contributed by atoms with van der Waals surface area (Å²) in [5, 5.41) is 0. The Labute approximate surface area is 135 Å². The fourth-order valence-electron chi connectivity index (χ4n) is 3.47. The van der Waals surface area contributed by atoms with Crippen molar-refractivity contribution >= 4 is 11.6 Å². The highest BCUT2D eigenvalue weighted by Crippen LogP contribution is 2.24. The summed E-state index contributed by atoms with van der Waals surface area (Å²) in [7, 11) is 2.06. The Kier molecular flexibility index (Phi) is 5.79. The second-order valence-electron chi connectivity index (χ2n) is 6.99. The standard InChI is InChI=1S/C18H31N3O/c1-6-15(13(2)3)19-16-9-11-21(12-14(16)4)18(22)17-8-7-10-20(17)5/h13,17H,6-12H2,1-5H3/t17-/m0/s1. The van der Waals surface area contributed by atoms with Crippen LogP contribution < -0.4 is 0 Å². The lowest BCUT2D eigenvalue weighted by atomic mass is 10.0. The van der Waals surface area contributed by atoms with E-state index in [9.17, 15) is 4.79 Å². The Morgan fingerprint density at radius 3 is 2.59 bits per heavy atom. The monoisotopic (exact) mass is 305 g/mol. The summed E-state index contributed by atoms with van der Waals surface area (Å²) in [6.45, 7) is 11.3. The van der Waals surface area contributed by atoms with Crippen LogP contribution in [-0.4, -0.2) is 54.1 Å². The molecule has 0 radical (unpaired) electrons. The number of likely N-dealkylation sites (N-methyl/N-ethyl adjacent to an activating group) is 1. The summed E-state index contributed by atoms with van der Waals surface area (Å²) in [6.07, 6.45) is 4.04. The van der Waals surface area contributed by atoms with Gasteiger partial charge in [-0.1, -0.05) is 20.8 Å². The lowest BCUT2D eigenvalue weighted by Crippen LogP contribution is -2.46. The van der Waals surface area contributed by atoms with E-state index in [0.717, 1.165) is 45.3 Å². The zero-order chi connectivity index (χ0) is 16.3. The maximum absolute atomic E-state index is 12.7. The summed E-state index contributed by atoms with van der Waals surface area (Å²) >= 11 is 0. The number of rotatable bonds is 4. The molecule has 0 bridgehead atoms. The number of amides is 1. The van der Waals surface area contributed by atoms with E-state index < -0.39 is 0 Å². The van der Waals surface area contributed by atoms with Crippen LogP contribution in [-0.2, 0) is 4.79 Å². The van der Waals surface area contributed by atoms with Gasteiger partial charge in [0.25, 0.3) is 0 Å². The lowest BCUT2D eigenvalue weighted by molar-refractivity contribution is -0.135. The van der Waals surface area contributed by atoms with Gasteiger partial charge < -0.3 is 4.90 Å². The summed E-state index contributed by atoms with van der Waals surface area (Å²) in [5.74, 6) is 0.805. The highest BCUT2D eigenvalue weighted by Gasteiger charge is 2.32. The van der Waals surface area contributed by atoms with E-state index in [1.807, 2.05) is 4.90 Å². The van der Waals surface area contributed by atoms with E-state index in [0.29, 0.717) is 11.8 Å². The van der Waals surface area contributed by atoms with Gasteiger partial charge in [0.05, 0.1) is 6.04 Å². The average molecular weight is 305 g/mol. The number of carbonyl (C=O) groups is 1. The van der Waals surface area contributed by atoms with E-state index in [1.165, 1.54) is 17.0 Å². The molecule has 0 N–H and O–H groups in total. The molecule has 2 aliphatic rings. The van der Waals surface area contributed by atoms with E-state index in [-0.39, 0.29) is 6.04 Å². The molecule has 2 heterocycles. The van der Waals surface area contributed by atoms with Gasteiger partial charge in [-0.3, -0.25) is 14.7 Å². The molecule has 2 aliphatic heterocycles. The number of nitrogens with zero attached hydrogens (tertiary/aromatic N) is 3. The zero-order valence-corrected chi connectivity index (χ0v) is 14.9. The van der Waals surface area contributed by atoms with Crippen molar-refractivity contribution in [2.75, 3.05) is 26.7 Å². The van der Waals surface area contributed by atoms with Crippen LogP contribution in [0.25, 0.3) is 0 Å². The first-order chi connectivity index (χ1) is 10.4. The number of hydrogen-bond donors (Lipinski definition) is 0. The molecule has 1 fully saturated rings. The van der Waals surface area contributed by atoms with E-state index in [1.54, 1.807) is 0 Å². The Bertz CT molecular complexity index is 479. The predicted octanol–water partition coefficient (Wildman–Crippen LogP) is 3.09. The molecule has 1 saturated heterocycles. The molecule has 0 aromatic carbocycles. The molecule has 1 amide bonds. The molecule has 2 rings (SSSR count). The van der Waals surface area contributed by atoms with Gasteiger partial charge in [-0.05, 0) is 51.3 Å². The third-order valence-corrected chi connectivity index (χ3v) is 4.96. The van der Waals surface area contributed by atoms with Gasteiger partial charge in [0.2, 0.25) is 5.91 Å². The minimum Gasteiger partial charge on any atom is -0.337 e. The minimum atomic E-state index is 0.0970. The molecule has 22 heavy (non-hydrogen) atoms. The van der Waals surface area contributed by atoms with Gasteiger partial charge in [0.1, 0.15) is 0 Å². The maximum Gasteiger partial charge on any atom is 0.240 e. The van der Waals surface area contributed by atoms with E-state index in [2.05, 4.69) is 39.6 Å². The predicted molar refractivity (Wildman–Crippen MR) is 92.1 cm³/mol. The van der Waals surface area contributed by atoms with Crippen molar-refractivity contribution in [3.63, 3.8) is 0 Å². The van der Waals surface area contributed by atoms with Crippen LogP contribution in [0.15, 0.2) is 16.3 Å². The van der Waals surface area contributed by atoms with Crippen LogP contribution in [0, 0.1) is 5.92 Å². The number of hydrogen-bond acceptors (Lipinski definition) is 3. The van der Waals surface area contributed by atoms with Gasteiger partial charge in [-0.15, -0.1) is 0 Å². The first-order valence-electron chi connectivity index (χ1n) is 8.69. The molecule has 124 valence electrons. The van der Waals surface area contributed by atoms with Crippen LogP contribution in [0.1, 0.15) is 53.4 Å². The fourth-order valence-corrected chi connectivity index (χ4v) is 3.47. The van der Waals surface area contributed by atoms with Crippen molar-refractivity contribution in [2.45, 2.75) is 59.4 Å². The topological polar surface area (TPSA) is 35.9 Å². The van der Waals surface area contributed by atoms with E-state index >= 15 is 0 Å². The van der Waals surface area contributed by atoms with Crippen molar-refractivity contribution in [3.05, 3.63) is 11.3 Å². The highest BCUT2D eigenvalue weighted by molar-refractivity contribution is 5.87. The first kappa shape index (κ1) is 17.2. The molecular formula is C18H31N3O. The summed E-state index contributed by atoms with van der Waals surface area (Å²) in [4.78, 5) is 21.8. The molecule has 1 atom stereocenters. The number of aliphatic imine (C=N–C) groups is 1. The molecular weight excluding hydrogens is 274 g/mol. The lowest BCUT2D eigenvalue weighted by Gasteiger charge is -2.32. The second kappa shape index (κ2) is 7.40. The highest BCUT2D eigenvalue weighted by atomic mass is 16.2. The van der Waals surface area contributed by atoms with Gasteiger partial charge >= 0.3 is 0 Å². The van der Waals surface area contributed by atoms with Crippen molar-refractivity contribution in [2.24, 2.45) is 10.9 Å². The van der Waals surface area contributed by atoms with Crippen LogP contribution in [0.4, 0.5) is 0 Å². The fraction of sp³-hybridized carbons (Fsp3) is 0.778. The van der Waals surface area contributed by atoms with Gasteiger partial charge in [0, 0.05) is 30.9 Å². The zero-order valence-electron chi connectivity index (χ0n) is 14.9. The molecule has 0 saturated carbocycles. The molecule has 0 aromatic heterocycles. The largest absolute Gasteiger partial charge is 0.337 e. The average Bonchev–Trinajstić information content (AvgIpc) is 2.91. The van der Waals surface area contributed by atoms with Crippen LogP contribution >= 0.6 is 0 Å². The quantitative estimate of drug-likeness (QED) is 0.748. The third kappa shape index (κ3) is 3.78. The minimum absolute atomic E-state index is 0.0970. The van der Waals surface area contributed by atoms with Gasteiger partial charge in [-0.25, -0.2) is 0 Å².